The van der Waals surface area contributed by atoms with Crippen molar-refractivity contribution in [2.45, 2.75) is 24.6 Å². The molecule has 0 saturated carbocycles. The van der Waals surface area contributed by atoms with Crippen LogP contribution < -0.4 is 4.73 Å². The van der Waals surface area contributed by atoms with Crippen LogP contribution in [0.15, 0.2) is 47.6 Å². The molecule has 0 aliphatic rings. The van der Waals surface area contributed by atoms with Crippen LogP contribution >= 0.6 is 0 Å². The van der Waals surface area contributed by atoms with Crippen molar-refractivity contribution in [2.24, 2.45) is 0 Å². The van der Waals surface area contributed by atoms with Crippen molar-refractivity contribution in [1.82, 2.24) is 0 Å². The van der Waals surface area contributed by atoms with E-state index in [4.69, 9.17) is 0 Å². The van der Waals surface area contributed by atoms with E-state index in [1.54, 1.807) is 25.1 Å². The van der Waals surface area contributed by atoms with Crippen molar-refractivity contribution in [3.8, 4) is 0 Å². The van der Waals surface area contributed by atoms with Crippen LogP contribution in [0.1, 0.15) is 16.7 Å². The Balaban J connectivity index is 2.44. The van der Waals surface area contributed by atoms with Crippen LogP contribution in [0.2, 0.25) is 0 Å². The molecule has 0 saturated heterocycles. The molecule has 0 amide bonds. The number of sulfone groups is 1. The Morgan fingerprint density at radius 1 is 1.16 bits per heavy atom. The highest BCUT2D eigenvalue weighted by Crippen LogP contribution is 2.16. The van der Waals surface area contributed by atoms with Gasteiger partial charge in [-0.25, -0.2) is 8.42 Å². The third kappa shape index (κ3) is 2.93. The summed E-state index contributed by atoms with van der Waals surface area (Å²) in [6, 6.07) is 10.2. The standard InChI is InChI=1S/C14H15NO3S/c1-11-7-8-15(16)14(9-11)19(17,18)10-13-6-4-3-5-12(13)2/h3-9H,10H2,1-2H3. The molecule has 0 atom stereocenters. The molecule has 1 aromatic heterocycles. The molecule has 1 aromatic carbocycles. The summed E-state index contributed by atoms with van der Waals surface area (Å²) in [5.41, 5.74) is 2.36. The largest absolute Gasteiger partial charge is 0.618 e. The molecule has 1 heterocycles. The number of aromatic nitrogens is 1. The van der Waals surface area contributed by atoms with Gasteiger partial charge in [-0.05, 0) is 30.5 Å². The van der Waals surface area contributed by atoms with E-state index in [9.17, 15) is 13.6 Å². The van der Waals surface area contributed by atoms with Gasteiger partial charge in [-0.2, -0.15) is 4.73 Å². The lowest BCUT2D eigenvalue weighted by Crippen LogP contribution is -2.34. The first-order chi connectivity index (χ1) is 8.90. The van der Waals surface area contributed by atoms with Gasteiger partial charge in [-0.15, -0.1) is 0 Å². The van der Waals surface area contributed by atoms with Crippen LogP contribution in [-0.2, 0) is 15.6 Å². The van der Waals surface area contributed by atoms with Crippen molar-refractivity contribution >= 4 is 9.84 Å². The number of pyridine rings is 1. The first kappa shape index (κ1) is 13.5. The Kier molecular flexibility index (Phi) is 3.57. The average Bonchev–Trinajstić information content (AvgIpc) is 2.35. The van der Waals surface area contributed by atoms with E-state index in [1.165, 1.54) is 12.3 Å². The van der Waals surface area contributed by atoms with Gasteiger partial charge in [-0.1, -0.05) is 24.3 Å². The summed E-state index contributed by atoms with van der Waals surface area (Å²) < 4.78 is 25.0. The van der Waals surface area contributed by atoms with Crippen LogP contribution in [0.25, 0.3) is 0 Å². The maximum atomic E-state index is 12.3. The van der Waals surface area contributed by atoms with E-state index in [1.807, 2.05) is 19.1 Å². The minimum atomic E-state index is -3.64. The summed E-state index contributed by atoms with van der Waals surface area (Å²) in [4.78, 5) is 0. The number of hydrogen-bond donors (Lipinski definition) is 0. The fourth-order valence-electron chi connectivity index (χ4n) is 1.84. The SMILES string of the molecule is Cc1cc[n+]([O-])c(S(=O)(=O)Cc2ccccc2C)c1. The second-order valence-electron chi connectivity index (χ2n) is 4.55. The summed E-state index contributed by atoms with van der Waals surface area (Å²) in [5, 5.41) is 11.4. The van der Waals surface area contributed by atoms with Gasteiger partial charge in [0.15, 0.2) is 6.20 Å². The van der Waals surface area contributed by atoms with Gasteiger partial charge in [0.1, 0.15) is 0 Å². The quantitative estimate of drug-likeness (QED) is 0.636. The maximum Gasteiger partial charge on any atom is 0.309 e. The van der Waals surface area contributed by atoms with Crippen molar-refractivity contribution in [1.29, 1.82) is 0 Å². The van der Waals surface area contributed by atoms with Gasteiger partial charge < -0.3 is 5.21 Å². The molecule has 0 aliphatic carbocycles. The molecular formula is C14H15NO3S. The normalized spacial score (nSPS) is 11.5. The topological polar surface area (TPSA) is 61.1 Å². The Bertz CT molecular complexity index is 708. The van der Waals surface area contributed by atoms with Gasteiger partial charge >= 0.3 is 5.03 Å². The molecule has 0 fully saturated rings. The molecule has 0 N–H and O–H groups in total. The van der Waals surface area contributed by atoms with Crippen molar-refractivity contribution in [2.75, 3.05) is 0 Å². The number of aryl methyl sites for hydroxylation is 2. The lowest BCUT2D eigenvalue weighted by molar-refractivity contribution is -0.646. The van der Waals surface area contributed by atoms with E-state index in [0.29, 0.717) is 10.3 Å². The van der Waals surface area contributed by atoms with E-state index < -0.39 is 9.84 Å². The van der Waals surface area contributed by atoms with Crippen LogP contribution in [0, 0.1) is 19.1 Å². The second-order valence-corrected chi connectivity index (χ2v) is 6.49. The Morgan fingerprint density at radius 2 is 1.84 bits per heavy atom. The zero-order valence-corrected chi connectivity index (χ0v) is 11.6. The summed E-state index contributed by atoms with van der Waals surface area (Å²) in [7, 11) is -3.64. The zero-order chi connectivity index (χ0) is 14.0. The summed E-state index contributed by atoms with van der Waals surface area (Å²) in [5.74, 6) is -0.161. The lowest BCUT2D eigenvalue weighted by atomic mass is 10.1. The molecule has 0 radical (unpaired) electrons. The third-order valence-electron chi connectivity index (χ3n) is 2.97. The average molecular weight is 277 g/mol. The predicted molar refractivity (Wildman–Crippen MR) is 72.2 cm³/mol. The molecule has 19 heavy (non-hydrogen) atoms. The first-order valence-electron chi connectivity index (χ1n) is 5.87. The number of rotatable bonds is 3. The lowest BCUT2D eigenvalue weighted by Gasteiger charge is -2.08. The fraction of sp³-hybridized carbons (Fsp3) is 0.214. The highest BCUT2D eigenvalue weighted by molar-refractivity contribution is 7.90. The highest BCUT2D eigenvalue weighted by atomic mass is 32.2. The van der Waals surface area contributed by atoms with Crippen LogP contribution in [0.3, 0.4) is 0 Å². The monoisotopic (exact) mass is 277 g/mol. The van der Waals surface area contributed by atoms with Crippen molar-refractivity contribution < 1.29 is 13.1 Å². The number of benzene rings is 1. The number of hydrogen-bond acceptors (Lipinski definition) is 3. The summed E-state index contributed by atoms with van der Waals surface area (Å²) in [6.45, 7) is 3.61. The van der Waals surface area contributed by atoms with Crippen molar-refractivity contribution in [3.63, 3.8) is 0 Å². The molecular weight excluding hydrogens is 262 g/mol. The Morgan fingerprint density at radius 3 is 2.53 bits per heavy atom. The van der Waals surface area contributed by atoms with E-state index in [2.05, 4.69) is 0 Å². The fourth-order valence-corrected chi connectivity index (χ4v) is 3.42. The van der Waals surface area contributed by atoms with E-state index in [-0.39, 0.29) is 10.8 Å². The molecule has 5 heteroatoms. The van der Waals surface area contributed by atoms with Crippen LogP contribution in [-0.4, -0.2) is 8.42 Å². The smallest absolute Gasteiger partial charge is 0.309 e. The van der Waals surface area contributed by atoms with Gasteiger partial charge in [0.25, 0.3) is 0 Å². The third-order valence-corrected chi connectivity index (χ3v) is 4.59. The molecule has 2 rings (SSSR count). The Hall–Kier alpha value is -1.88. The maximum absolute atomic E-state index is 12.3. The molecule has 0 unspecified atom stereocenters. The van der Waals surface area contributed by atoms with Crippen LogP contribution in [0.4, 0.5) is 0 Å². The molecule has 4 nitrogen and oxygen atoms in total. The van der Waals surface area contributed by atoms with Crippen LogP contribution in [0.5, 0.6) is 0 Å². The van der Waals surface area contributed by atoms with Gasteiger partial charge in [0.2, 0.25) is 9.84 Å². The zero-order valence-electron chi connectivity index (χ0n) is 10.8. The van der Waals surface area contributed by atoms with Gasteiger partial charge in [-0.3, -0.25) is 0 Å². The van der Waals surface area contributed by atoms with Gasteiger partial charge in [0.05, 0.1) is 5.75 Å². The molecule has 0 spiro atoms. The number of nitrogens with zero attached hydrogens (tertiary/aromatic N) is 1. The molecule has 0 bridgehead atoms. The van der Waals surface area contributed by atoms with Crippen molar-refractivity contribution in [3.05, 3.63) is 64.5 Å². The predicted octanol–water partition coefficient (Wildman–Crippen LogP) is 1.91. The summed E-state index contributed by atoms with van der Waals surface area (Å²) >= 11 is 0. The van der Waals surface area contributed by atoms with Gasteiger partial charge in [0, 0.05) is 12.1 Å². The minimum absolute atomic E-state index is 0.161. The second kappa shape index (κ2) is 5.01. The summed E-state index contributed by atoms with van der Waals surface area (Å²) in [6.07, 6.45) is 1.22. The molecule has 100 valence electrons. The first-order valence-corrected chi connectivity index (χ1v) is 7.52. The Labute approximate surface area is 112 Å². The molecule has 2 aromatic rings. The highest BCUT2D eigenvalue weighted by Gasteiger charge is 2.24. The van der Waals surface area contributed by atoms with E-state index in [0.717, 1.165) is 11.1 Å². The molecule has 0 aliphatic heterocycles. The van der Waals surface area contributed by atoms with E-state index >= 15 is 0 Å². The minimum Gasteiger partial charge on any atom is -0.618 e.